The van der Waals surface area contributed by atoms with Gasteiger partial charge in [0.2, 0.25) is 6.41 Å². The Balaban J connectivity index is 1.73. The molecular formula is C10H18N2O. The van der Waals surface area contributed by atoms with Crippen LogP contribution in [0.3, 0.4) is 0 Å². The zero-order valence-electron chi connectivity index (χ0n) is 8.04. The lowest BCUT2D eigenvalue weighted by atomic mass is 10.1. The van der Waals surface area contributed by atoms with Gasteiger partial charge in [0.15, 0.2) is 0 Å². The summed E-state index contributed by atoms with van der Waals surface area (Å²) >= 11 is 0. The van der Waals surface area contributed by atoms with E-state index in [2.05, 4.69) is 10.2 Å². The van der Waals surface area contributed by atoms with Crippen LogP contribution in [0.25, 0.3) is 0 Å². The molecule has 0 spiro atoms. The van der Waals surface area contributed by atoms with Crippen LogP contribution in [-0.2, 0) is 4.79 Å². The Hall–Kier alpha value is -0.570. The molecule has 0 radical (unpaired) electrons. The van der Waals surface area contributed by atoms with Crippen LogP contribution in [0.5, 0.6) is 0 Å². The van der Waals surface area contributed by atoms with Crippen molar-refractivity contribution in [2.45, 2.75) is 31.7 Å². The van der Waals surface area contributed by atoms with Gasteiger partial charge in [0.1, 0.15) is 0 Å². The van der Waals surface area contributed by atoms with E-state index < -0.39 is 0 Å². The summed E-state index contributed by atoms with van der Waals surface area (Å²) in [5, 5.41) is 2.89. The molecule has 0 aromatic rings. The highest BCUT2D eigenvalue weighted by atomic mass is 16.1. The zero-order chi connectivity index (χ0) is 9.10. The molecule has 2 fully saturated rings. The average molecular weight is 182 g/mol. The summed E-state index contributed by atoms with van der Waals surface area (Å²) < 4.78 is 0. The van der Waals surface area contributed by atoms with Crippen LogP contribution in [0, 0.1) is 5.92 Å². The maximum atomic E-state index is 10.3. The van der Waals surface area contributed by atoms with Crippen molar-refractivity contribution in [1.82, 2.24) is 10.2 Å². The van der Waals surface area contributed by atoms with Crippen molar-refractivity contribution < 1.29 is 4.79 Å². The van der Waals surface area contributed by atoms with Crippen molar-refractivity contribution in [1.29, 1.82) is 0 Å². The lowest BCUT2D eigenvalue weighted by Crippen LogP contribution is -2.45. The number of carbonyl (C=O) groups excluding carboxylic acids is 1. The fourth-order valence-corrected chi connectivity index (χ4v) is 2.12. The maximum absolute atomic E-state index is 10.3. The number of piperidine rings is 1. The minimum Gasteiger partial charge on any atom is -0.355 e. The fraction of sp³-hybridized carbons (Fsp3) is 0.900. The van der Waals surface area contributed by atoms with Gasteiger partial charge in [0.05, 0.1) is 0 Å². The molecule has 3 heteroatoms. The van der Waals surface area contributed by atoms with Crippen LogP contribution < -0.4 is 5.32 Å². The highest BCUT2D eigenvalue weighted by molar-refractivity contribution is 5.46. The predicted octanol–water partition coefficient (Wildman–Crippen LogP) is 0.607. The van der Waals surface area contributed by atoms with E-state index in [9.17, 15) is 4.79 Å². The number of nitrogens with one attached hydrogen (secondary N) is 1. The minimum absolute atomic E-state index is 0.407. The Morgan fingerprint density at radius 2 is 2.23 bits per heavy atom. The van der Waals surface area contributed by atoms with Gasteiger partial charge in [0.25, 0.3) is 0 Å². The molecular weight excluding hydrogens is 164 g/mol. The van der Waals surface area contributed by atoms with Crippen LogP contribution >= 0.6 is 0 Å². The number of rotatable bonds is 4. The van der Waals surface area contributed by atoms with E-state index in [1.54, 1.807) is 0 Å². The lowest BCUT2D eigenvalue weighted by Gasteiger charge is -2.32. The Morgan fingerprint density at radius 3 is 2.92 bits per heavy atom. The Labute approximate surface area is 79.5 Å². The molecule has 1 aliphatic carbocycles. The topological polar surface area (TPSA) is 32.3 Å². The first-order valence-corrected chi connectivity index (χ1v) is 5.30. The molecule has 1 atom stereocenters. The first-order valence-electron chi connectivity index (χ1n) is 5.30. The molecule has 3 nitrogen and oxygen atoms in total. The second-order valence-electron chi connectivity index (χ2n) is 4.33. The number of hydrogen-bond donors (Lipinski definition) is 1. The van der Waals surface area contributed by atoms with Crippen molar-refractivity contribution in [3.63, 3.8) is 0 Å². The summed E-state index contributed by atoms with van der Waals surface area (Å²) in [5.41, 5.74) is 0. The van der Waals surface area contributed by atoms with Crippen LogP contribution in [0.2, 0.25) is 0 Å². The van der Waals surface area contributed by atoms with Gasteiger partial charge in [-0.3, -0.25) is 4.79 Å². The molecule has 1 saturated heterocycles. The van der Waals surface area contributed by atoms with Gasteiger partial charge >= 0.3 is 0 Å². The van der Waals surface area contributed by atoms with Gasteiger partial charge in [-0.2, -0.15) is 0 Å². The van der Waals surface area contributed by atoms with Gasteiger partial charge in [-0.25, -0.2) is 0 Å². The first kappa shape index (κ1) is 9.00. The molecule has 1 N–H and O–H groups in total. The third kappa shape index (κ3) is 2.69. The third-order valence-corrected chi connectivity index (χ3v) is 3.02. The molecule has 1 unspecified atom stereocenters. The van der Waals surface area contributed by atoms with Crippen molar-refractivity contribution in [2.24, 2.45) is 5.92 Å². The van der Waals surface area contributed by atoms with Gasteiger partial charge in [-0.05, 0) is 38.1 Å². The normalized spacial score (nSPS) is 30.0. The monoisotopic (exact) mass is 182 g/mol. The molecule has 1 aliphatic heterocycles. The minimum atomic E-state index is 0.407. The molecule has 2 rings (SSSR count). The van der Waals surface area contributed by atoms with Crippen molar-refractivity contribution in [3.05, 3.63) is 0 Å². The highest BCUT2D eigenvalue weighted by Crippen LogP contribution is 2.30. The number of nitrogens with zero attached hydrogens (tertiary/aromatic N) is 1. The molecule has 0 aromatic carbocycles. The number of amides is 1. The number of likely N-dealkylation sites (tertiary alicyclic amines) is 1. The van der Waals surface area contributed by atoms with E-state index in [1.807, 2.05) is 0 Å². The molecule has 1 amide bonds. The van der Waals surface area contributed by atoms with Gasteiger partial charge in [0, 0.05) is 19.1 Å². The highest BCUT2D eigenvalue weighted by Gasteiger charge is 2.27. The first-order chi connectivity index (χ1) is 6.38. The maximum Gasteiger partial charge on any atom is 0.207 e. The van der Waals surface area contributed by atoms with Gasteiger partial charge < -0.3 is 10.2 Å². The fourth-order valence-electron chi connectivity index (χ4n) is 2.12. The molecule has 1 heterocycles. The van der Waals surface area contributed by atoms with Crippen LogP contribution in [0.1, 0.15) is 25.7 Å². The second-order valence-corrected chi connectivity index (χ2v) is 4.33. The molecule has 2 aliphatic rings. The zero-order valence-corrected chi connectivity index (χ0v) is 8.04. The summed E-state index contributed by atoms with van der Waals surface area (Å²) in [5.74, 6) is 0.968. The largest absolute Gasteiger partial charge is 0.355 e. The van der Waals surface area contributed by atoms with Crippen molar-refractivity contribution in [3.8, 4) is 0 Å². The molecule has 0 aromatic heterocycles. The summed E-state index contributed by atoms with van der Waals surface area (Å²) in [6, 6.07) is 0.407. The molecule has 13 heavy (non-hydrogen) atoms. The summed E-state index contributed by atoms with van der Waals surface area (Å²) in [7, 11) is 0. The number of carbonyl (C=O) groups is 1. The number of hydrogen-bond acceptors (Lipinski definition) is 2. The molecule has 0 bridgehead atoms. The van der Waals surface area contributed by atoms with Crippen LogP contribution in [-0.4, -0.2) is 37.0 Å². The summed E-state index contributed by atoms with van der Waals surface area (Å²) in [6.07, 6.45) is 6.06. The standard InChI is InChI=1S/C10H18N2O/c13-8-11-10-2-1-5-12(7-10)6-9-3-4-9/h8-10H,1-7H2,(H,11,13). The smallest absolute Gasteiger partial charge is 0.207 e. The van der Waals surface area contributed by atoms with E-state index >= 15 is 0 Å². The average Bonchev–Trinajstić information content (AvgIpc) is 2.90. The van der Waals surface area contributed by atoms with Crippen molar-refractivity contribution in [2.75, 3.05) is 19.6 Å². The molecule has 74 valence electrons. The van der Waals surface area contributed by atoms with Gasteiger partial charge in [-0.15, -0.1) is 0 Å². The lowest BCUT2D eigenvalue weighted by molar-refractivity contribution is -0.110. The van der Waals surface area contributed by atoms with Gasteiger partial charge in [-0.1, -0.05) is 0 Å². The molecule has 1 saturated carbocycles. The van der Waals surface area contributed by atoms with E-state index in [4.69, 9.17) is 0 Å². The van der Waals surface area contributed by atoms with E-state index in [-0.39, 0.29) is 0 Å². The van der Waals surface area contributed by atoms with E-state index in [1.165, 1.54) is 32.4 Å². The second kappa shape index (κ2) is 4.09. The third-order valence-electron chi connectivity index (χ3n) is 3.02. The summed E-state index contributed by atoms with van der Waals surface area (Å²) in [4.78, 5) is 12.8. The predicted molar refractivity (Wildman–Crippen MR) is 51.4 cm³/mol. The van der Waals surface area contributed by atoms with Crippen LogP contribution in [0.15, 0.2) is 0 Å². The Kier molecular flexibility index (Phi) is 2.83. The van der Waals surface area contributed by atoms with E-state index in [0.717, 1.165) is 25.3 Å². The summed E-state index contributed by atoms with van der Waals surface area (Å²) in [6.45, 7) is 3.56. The van der Waals surface area contributed by atoms with Crippen LogP contribution in [0.4, 0.5) is 0 Å². The van der Waals surface area contributed by atoms with Crippen molar-refractivity contribution >= 4 is 6.41 Å². The SMILES string of the molecule is O=CNC1CCCN(CC2CC2)C1. The van der Waals surface area contributed by atoms with E-state index in [0.29, 0.717) is 6.04 Å². The quantitative estimate of drug-likeness (QED) is 0.646. The Bertz CT molecular complexity index is 180. The Morgan fingerprint density at radius 1 is 1.38 bits per heavy atom.